The average Bonchev–Trinajstić information content (AvgIpc) is 3.62. The quantitative estimate of drug-likeness (QED) is 0.366. The molecule has 9 nitrogen and oxygen atoms in total. The molecule has 0 bridgehead atoms. The minimum Gasteiger partial charge on any atom is -0.351 e. The summed E-state index contributed by atoms with van der Waals surface area (Å²) in [6, 6.07) is 18.0. The fraction of sp³-hybridized carbons (Fsp3) is 0.286. The summed E-state index contributed by atoms with van der Waals surface area (Å²) in [6.07, 6.45) is 7.24. The first-order valence-corrected chi connectivity index (χ1v) is 12.6. The van der Waals surface area contributed by atoms with Gasteiger partial charge in [0.1, 0.15) is 18.4 Å². The van der Waals surface area contributed by atoms with Crippen molar-refractivity contribution in [2.24, 2.45) is 0 Å². The highest BCUT2D eigenvalue weighted by molar-refractivity contribution is 5.88. The van der Waals surface area contributed by atoms with Crippen LogP contribution in [0.3, 0.4) is 0 Å². The lowest BCUT2D eigenvalue weighted by molar-refractivity contribution is -0.142. The highest BCUT2D eigenvalue weighted by Crippen LogP contribution is 2.26. The molecule has 1 atom stereocenters. The van der Waals surface area contributed by atoms with Gasteiger partial charge in [-0.3, -0.25) is 14.6 Å². The molecule has 1 saturated carbocycles. The molecule has 1 aliphatic carbocycles. The highest BCUT2D eigenvalue weighted by atomic mass is 19.1. The summed E-state index contributed by atoms with van der Waals surface area (Å²) in [5.74, 6) is -0.672. The van der Waals surface area contributed by atoms with Gasteiger partial charge in [0.15, 0.2) is 0 Å². The molecule has 38 heavy (non-hydrogen) atoms. The van der Waals surface area contributed by atoms with Crippen molar-refractivity contribution in [3.63, 3.8) is 0 Å². The third kappa shape index (κ3) is 6.08. The second-order valence-corrected chi connectivity index (χ2v) is 9.33. The molecule has 5 rings (SSSR count). The fourth-order valence-corrected chi connectivity index (χ4v) is 4.71. The van der Waals surface area contributed by atoms with Gasteiger partial charge < -0.3 is 10.2 Å². The number of nitrogens with zero attached hydrogens (tertiary/aromatic N) is 6. The molecule has 0 unspecified atom stereocenters. The molecular formula is C28H28FN7O2. The van der Waals surface area contributed by atoms with Crippen molar-refractivity contribution in [3.8, 4) is 11.4 Å². The predicted molar refractivity (Wildman–Crippen MR) is 138 cm³/mol. The first kappa shape index (κ1) is 25.2. The predicted octanol–water partition coefficient (Wildman–Crippen LogP) is 3.70. The average molecular weight is 514 g/mol. The molecule has 2 aromatic heterocycles. The van der Waals surface area contributed by atoms with Crippen molar-refractivity contribution in [1.82, 2.24) is 35.4 Å². The van der Waals surface area contributed by atoms with E-state index in [0.29, 0.717) is 11.1 Å². The van der Waals surface area contributed by atoms with Gasteiger partial charge >= 0.3 is 0 Å². The van der Waals surface area contributed by atoms with Gasteiger partial charge in [-0.05, 0) is 65.6 Å². The van der Waals surface area contributed by atoms with Crippen molar-refractivity contribution in [1.29, 1.82) is 0 Å². The zero-order chi connectivity index (χ0) is 26.3. The van der Waals surface area contributed by atoms with Crippen molar-refractivity contribution >= 4 is 11.8 Å². The Bertz CT molecular complexity index is 1360. The molecule has 2 amide bonds. The molecule has 1 aliphatic rings. The van der Waals surface area contributed by atoms with E-state index in [4.69, 9.17) is 0 Å². The molecule has 4 aromatic rings. The minimum absolute atomic E-state index is 0.0933. The lowest BCUT2D eigenvalue weighted by Gasteiger charge is -2.32. The molecule has 2 aromatic carbocycles. The number of halogens is 1. The summed E-state index contributed by atoms with van der Waals surface area (Å²) in [5.41, 5.74) is 2.13. The summed E-state index contributed by atoms with van der Waals surface area (Å²) in [5, 5.41) is 15.5. The first-order chi connectivity index (χ1) is 18.6. The zero-order valence-corrected chi connectivity index (χ0v) is 20.8. The van der Waals surface area contributed by atoms with Gasteiger partial charge in [-0.1, -0.05) is 43.2 Å². The van der Waals surface area contributed by atoms with Crippen molar-refractivity contribution in [2.45, 2.75) is 50.9 Å². The van der Waals surface area contributed by atoms with Crippen LogP contribution < -0.4 is 5.32 Å². The SMILES string of the molecule is O=C(NC1CCCC1)[C@@H](c1ccncc1)N(Cc1ccccc1)C(=O)Cn1nnc(-c2ccc(F)cc2)n1. The maximum atomic E-state index is 13.8. The molecule has 1 N–H and O–H groups in total. The van der Waals surface area contributed by atoms with Crippen LogP contribution >= 0.6 is 0 Å². The number of benzene rings is 2. The van der Waals surface area contributed by atoms with Gasteiger partial charge in [0.05, 0.1) is 0 Å². The van der Waals surface area contributed by atoms with Gasteiger partial charge in [0.25, 0.3) is 0 Å². The summed E-state index contributed by atoms with van der Waals surface area (Å²) in [6.45, 7) is -0.0103. The topological polar surface area (TPSA) is 106 Å². The summed E-state index contributed by atoms with van der Waals surface area (Å²) < 4.78 is 13.3. The lowest BCUT2D eigenvalue weighted by atomic mass is 10.0. The molecule has 0 spiro atoms. The second-order valence-electron chi connectivity index (χ2n) is 9.33. The molecule has 0 saturated heterocycles. The van der Waals surface area contributed by atoms with Crippen LogP contribution in [0.2, 0.25) is 0 Å². The highest BCUT2D eigenvalue weighted by Gasteiger charge is 2.33. The van der Waals surface area contributed by atoms with Crippen LogP contribution in [0.25, 0.3) is 11.4 Å². The van der Waals surface area contributed by atoms with Gasteiger partial charge in [-0.25, -0.2) is 4.39 Å². The standard InChI is InChI=1S/C28H28FN7O2/c29-23-12-10-22(11-13-23)27-32-34-36(33-27)19-25(37)35(18-20-6-2-1-3-7-20)26(21-14-16-30-17-15-21)28(38)31-24-8-4-5-9-24/h1-3,6-7,10-17,24,26H,4-5,8-9,18-19H2,(H,31,38)/t26-/m1/s1. The number of hydrogen-bond donors (Lipinski definition) is 1. The Labute approximate surface area is 219 Å². The van der Waals surface area contributed by atoms with Crippen LogP contribution in [0.15, 0.2) is 79.1 Å². The molecule has 0 aliphatic heterocycles. The van der Waals surface area contributed by atoms with E-state index in [0.717, 1.165) is 31.2 Å². The van der Waals surface area contributed by atoms with Crippen LogP contribution in [-0.2, 0) is 22.7 Å². The minimum atomic E-state index is -0.869. The Morgan fingerprint density at radius 1 is 1.00 bits per heavy atom. The van der Waals surface area contributed by atoms with Gasteiger partial charge in [0, 0.05) is 30.5 Å². The van der Waals surface area contributed by atoms with Crippen molar-refractivity contribution < 1.29 is 14.0 Å². The lowest BCUT2D eigenvalue weighted by Crippen LogP contribution is -2.46. The van der Waals surface area contributed by atoms with Gasteiger partial charge in [-0.15, -0.1) is 10.2 Å². The molecular weight excluding hydrogens is 485 g/mol. The number of hydrogen-bond acceptors (Lipinski definition) is 6. The van der Waals surface area contributed by atoms with Crippen LogP contribution in [0, 0.1) is 5.82 Å². The fourth-order valence-electron chi connectivity index (χ4n) is 4.71. The maximum absolute atomic E-state index is 13.8. The van der Waals surface area contributed by atoms with E-state index in [1.165, 1.54) is 16.9 Å². The molecule has 2 heterocycles. The van der Waals surface area contributed by atoms with E-state index in [-0.39, 0.29) is 42.6 Å². The first-order valence-electron chi connectivity index (χ1n) is 12.6. The second kappa shape index (κ2) is 11.7. The number of rotatable bonds is 9. The summed E-state index contributed by atoms with van der Waals surface area (Å²) in [4.78, 5) is 34.4. The Hall–Kier alpha value is -4.47. The number of aromatic nitrogens is 5. The van der Waals surface area contributed by atoms with E-state index >= 15 is 0 Å². The number of pyridine rings is 1. The van der Waals surface area contributed by atoms with E-state index in [2.05, 4.69) is 25.7 Å². The Morgan fingerprint density at radius 2 is 1.71 bits per heavy atom. The maximum Gasteiger partial charge on any atom is 0.247 e. The Morgan fingerprint density at radius 3 is 2.42 bits per heavy atom. The third-order valence-electron chi connectivity index (χ3n) is 6.63. The van der Waals surface area contributed by atoms with Crippen molar-refractivity contribution in [3.05, 3.63) is 96.1 Å². The van der Waals surface area contributed by atoms with E-state index in [1.54, 1.807) is 41.6 Å². The number of carbonyl (C=O) groups is 2. The normalized spacial score (nSPS) is 14.2. The van der Waals surface area contributed by atoms with E-state index in [9.17, 15) is 14.0 Å². The van der Waals surface area contributed by atoms with Crippen LogP contribution in [0.4, 0.5) is 4.39 Å². The zero-order valence-electron chi connectivity index (χ0n) is 20.8. The summed E-state index contributed by atoms with van der Waals surface area (Å²) >= 11 is 0. The Balaban J connectivity index is 1.44. The smallest absolute Gasteiger partial charge is 0.247 e. The molecule has 1 fully saturated rings. The van der Waals surface area contributed by atoms with Gasteiger partial charge in [-0.2, -0.15) is 4.80 Å². The molecule has 194 valence electrons. The Kier molecular flexibility index (Phi) is 7.77. The van der Waals surface area contributed by atoms with Gasteiger partial charge in [0.2, 0.25) is 17.6 Å². The third-order valence-corrected chi connectivity index (χ3v) is 6.63. The van der Waals surface area contributed by atoms with Crippen LogP contribution in [0.1, 0.15) is 42.9 Å². The molecule has 10 heteroatoms. The number of carbonyl (C=O) groups excluding carboxylic acids is 2. The number of amides is 2. The largest absolute Gasteiger partial charge is 0.351 e. The van der Waals surface area contributed by atoms with Crippen LogP contribution in [-0.4, -0.2) is 47.9 Å². The van der Waals surface area contributed by atoms with Crippen molar-refractivity contribution in [2.75, 3.05) is 0 Å². The monoisotopic (exact) mass is 513 g/mol. The number of tetrazole rings is 1. The van der Waals surface area contributed by atoms with E-state index in [1.807, 2.05) is 30.3 Å². The summed E-state index contributed by atoms with van der Waals surface area (Å²) in [7, 11) is 0. The number of nitrogens with one attached hydrogen (secondary N) is 1. The van der Waals surface area contributed by atoms with Crippen LogP contribution in [0.5, 0.6) is 0 Å². The van der Waals surface area contributed by atoms with E-state index < -0.39 is 6.04 Å². The molecule has 0 radical (unpaired) electrons.